The summed E-state index contributed by atoms with van der Waals surface area (Å²) in [4.78, 5) is 3.97. The van der Waals surface area contributed by atoms with Gasteiger partial charge in [-0.3, -0.25) is 4.98 Å². The van der Waals surface area contributed by atoms with E-state index in [-0.39, 0.29) is 0 Å². The van der Waals surface area contributed by atoms with Crippen LogP contribution in [0.4, 0.5) is 0 Å². The van der Waals surface area contributed by atoms with Crippen LogP contribution in [0, 0.1) is 0 Å². The van der Waals surface area contributed by atoms with Crippen LogP contribution in [0.5, 0.6) is 0 Å². The van der Waals surface area contributed by atoms with Crippen LogP contribution in [0.25, 0.3) is 0 Å². The standard InChI is InChI=1S/C10H13NO2/c1-2-10(12-7-8-13-10)9-3-5-11-6-4-9/h3-6H,2,7-8H2,1H3. The summed E-state index contributed by atoms with van der Waals surface area (Å²) in [6.07, 6.45) is 4.35. The molecule has 0 unspecified atom stereocenters. The van der Waals surface area contributed by atoms with E-state index in [9.17, 15) is 0 Å². The molecule has 0 N–H and O–H groups in total. The SMILES string of the molecule is CCC1(c2ccncc2)OCCO1. The van der Waals surface area contributed by atoms with Crippen LogP contribution in [0.15, 0.2) is 24.5 Å². The van der Waals surface area contributed by atoms with Crippen LogP contribution < -0.4 is 0 Å². The van der Waals surface area contributed by atoms with Gasteiger partial charge in [0, 0.05) is 24.4 Å². The van der Waals surface area contributed by atoms with E-state index in [0.29, 0.717) is 13.2 Å². The molecule has 0 atom stereocenters. The summed E-state index contributed by atoms with van der Waals surface area (Å²) in [5.74, 6) is -0.511. The normalized spacial score (nSPS) is 20.4. The van der Waals surface area contributed by atoms with Gasteiger partial charge in [0.15, 0.2) is 5.79 Å². The van der Waals surface area contributed by atoms with Gasteiger partial charge < -0.3 is 9.47 Å². The second kappa shape index (κ2) is 3.44. The molecule has 3 heteroatoms. The average Bonchev–Trinajstić information content (AvgIpc) is 2.69. The Bertz CT molecular complexity index is 268. The molecule has 0 bridgehead atoms. The zero-order valence-electron chi connectivity index (χ0n) is 7.69. The summed E-state index contributed by atoms with van der Waals surface area (Å²) < 4.78 is 11.3. The minimum absolute atomic E-state index is 0.511. The zero-order valence-corrected chi connectivity index (χ0v) is 7.69. The molecule has 70 valence electrons. The van der Waals surface area contributed by atoms with Crippen LogP contribution in [0.2, 0.25) is 0 Å². The zero-order chi connectivity index (χ0) is 9.15. The van der Waals surface area contributed by atoms with Gasteiger partial charge in [0.25, 0.3) is 0 Å². The van der Waals surface area contributed by atoms with Crippen molar-refractivity contribution in [3.05, 3.63) is 30.1 Å². The highest BCUT2D eigenvalue weighted by Gasteiger charge is 2.36. The summed E-state index contributed by atoms with van der Waals surface area (Å²) in [5.41, 5.74) is 1.06. The molecule has 1 aromatic heterocycles. The number of ether oxygens (including phenoxy) is 2. The molecule has 0 aliphatic carbocycles. The highest BCUT2D eigenvalue weighted by molar-refractivity contribution is 5.17. The smallest absolute Gasteiger partial charge is 0.194 e. The van der Waals surface area contributed by atoms with E-state index < -0.39 is 5.79 Å². The Morgan fingerprint density at radius 1 is 1.31 bits per heavy atom. The first kappa shape index (κ1) is 8.66. The number of aromatic nitrogens is 1. The van der Waals surface area contributed by atoms with Gasteiger partial charge in [-0.1, -0.05) is 6.92 Å². The second-order valence-electron chi connectivity index (χ2n) is 3.04. The Morgan fingerprint density at radius 3 is 2.46 bits per heavy atom. The predicted octanol–water partition coefficient (Wildman–Crippen LogP) is 1.69. The van der Waals surface area contributed by atoms with Crippen molar-refractivity contribution < 1.29 is 9.47 Å². The van der Waals surface area contributed by atoms with Crippen molar-refractivity contribution >= 4 is 0 Å². The maximum atomic E-state index is 5.63. The van der Waals surface area contributed by atoms with Crippen molar-refractivity contribution in [2.75, 3.05) is 13.2 Å². The highest BCUT2D eigenvalue weighted by Crippen LogP contribution is 2.33. The Morgan fingerprint density at radius 2 is 1.92 bits per heavy atom. The molecule has 0 aromatic carbocycles. The Kier molecular flexibility index (Phi) is 2.29. The lowest BCUT2D eigenvalue weighted by atomic mass is 10.1. The molecule has 3 nitrogen and oxygen atoms in total. The fraction of sp³-hybridized carbons (Fsp3) is 0.500. The van der Waals surface area contributed by atoms with Crippen LogP contribution in [-0.4, -0.2) is 18.2 Å². The molecule has 0 amide bonds. The van der Waals surface area contributed by atoms with Crippen molar-refractivity contribution in [1.82, 2.24) is 4.98 Å². The van der Waals surface area contributed by atoms with Crippen LogP contribution >= 0.6 is 0 Å². The van der Waals surface area contributed by atoms with Crippen LogP contribution in [-0.2, 0) is 15.3 Å². The van der Waals surface area contributed by atoms with E-state index in [1.807, 2.05) is 12.1 Å². The molecule has 1 saturated heterocycles. The number of pyridine rings is 1. The fourth-order valence-corrected chi connectivity index (χ4v) is 1.64. The second-order valence-corrected chi connectivity index (χ2v) is 3.04. The van der Waals surface area contributed by atoms with Crippen molar-refractivity contribution in [2.45, 2.75) is 19.1 Å². The first-order chi connectivity index (χ1) is 6.37. The molecule has 2 heterocycles. The largest absolute Gasteiger partial charge is 0.343 e. The molecule has 1 aromatic rings. The average molecular weight is 179 g/mol. The van der Waals surface area contributed by atoms with Crippen molar-refractivity contribution in [3.8, 4) is 0 Å². The molecule has 1 aliphatic rings. The highest BCUT2D eigenvalue weighted by atomic mass is 16.7. The van der Waals surface area contributed by atoms with Gasteiger partial charge in [0.05, 0.1) is 13.2 Å². The third-order valence-electron chi connectivity index (χ3n) is 2.34. The lowest BCUT2D eigenvalue weighted by Crippen LogP contribution is -2.25. The summed E-state index contributed by atoms with van der Waals surface area (Å²) in [5, 5.41) is 0. The monoisotopic (exact) mass is 179 g/mol. The minimum atomic E-state index is -0.511. The molecule has 13 heavy (non-hydrogen) atoms. The lowest BCUT2D eigenvalue weighted by Gasteiger charge is -2.25. The number of rotatable bonds is 2. The van der Waals surface area contributed by atoms with Crippen molar-refractivity contribution in [2.24, 2.45) is 0 Å². The van der Waals surface area contributed by atoms with Gasteiger partial charge in [0.1, 0.15) is 0 Å². The van der Waals surface area contributed by atoms with E-state index in [4.69, 9.17) is 9.47 Å². The third kappa shape index (κ3) is 1.45. The summed E-state index contributed by atoms with van der Waals surface area (Å²) in [6.45, 7) is 3.41. The summed E-state index contributed by atoms with van der Waals surface area (Å²) >= 11 is 0. The van der Waals surface area contributed by atoms with Crippen molar-refractivity contribution in [1.29, 1.82) is 0 Å². The number of hydrogen-bond acceptors (Lipinski definition) is 3. The quantitative estimate of drug-likeness (QED) is 0.692. The topological polar surface area (TPSA) is 31.4 Å². The molecule has 2 rings (SSSR count). The van der Waals surface area contributed by atoms with Gasteiger partial charge in [-0.2, -0.15) is 0 Å². The summed E-state index contributed by atoms with van der Waals surface area (Å²) in [7, 11) is 0. The maximum absolute atomic E-state index is 5.63. The first-order valence-electron chi connectivity index (χ1n) is 4.56. The molecular formula is C10H13NO2. The Hall–Kier alpha value is -0.930. The van der Waals surface area contributed by atoms with E-state index >= 15 is 0 Å². The maximum Gasteiger partial charge on any atom is 0.194 e. The minimum Gasteiger partial charge on any atom is -0.343 e. The van der Waals surface area contributed by atoms with Gasteiger partial charge in [-0.15, -0.1) is 0 Å². The van der Waals surface area contributed by atoms with Gasteiger partial charge in [0.2, 0.25) is 0 Å². The van der Waals surface area contributed by atoms with Crippen LogP contribution in [0.1, 0.15) is 18.9 Å². The van der Waals surface area contributed by atoms with Gasteiger partial charge in [-0.25, -0.2) is 0 Å². The van der Waals surface area contributed by atoms with Gasteiger partial charge in [-0.05, 0) is 12.1 Å². The molecular weight excluding hydrogens is 166 g/mol. The molecule has 0 radical (unpaired) electrons. The Balaban J connectivity index is 2.31. The van der Waals surface area contributed by atoms with E-state index in [0.717, 1.165) is 12.0 Å². The molecule has 1 fully saturated rings. The van der Waals surface area contributed by atoms with Crippen LogP contribution in [0.3, 0.4) is 0 Å². The lowest BCUT2D eigenvalue weighted by molar-refractivity contribution is -0.167. The molecule has 0 saturated carbocycles. The number of nitrogens with zero attached hydrogens (tertiary/aromatic N) is 1. The Labute approximate surface area is 77.7 Å². The fourth-order valence-electron chi connectivity index (χ4n) is 1.64. The third-order valence-corrected chi connectivity index (χ3v) is 2.34. The van der Waals surface area contributed by atoms with Crippen molar-refractivity contribution in [3.63, 3.8) is 0 Å². The predicted molar refractivity (Wildman–Crippen MR) is 48.1 cm³/mol. The molecule has 0 spiro atoms. The molecule has 1 aliphatic heterocycles. The van der Waals surface area contributed by atoms with E-state index in [1.165, 1.54) is 0 Å². The number of hydrogen-bond donors (Lipinski definition) is 0. The first-order valence-corrected chi connectivity index (χ1v) is 4.56. The summed E-state index contributed by atoms with van der Waals surface area (Å²) in [6, 6.07) is 3.88. The van der Waals surface area contributed by atoms with E-state index in [2.05, 4.69) is 11.9 Å². The van der Waals surface area contributed by atoms with Gasteiger partial charge >= 0.3 is 0 Å². The van der Waals surface area contributed by atoms with E-state index in [1.54, 1.807) is 12.4 Å².